The molecule has 0 radical (unpaired) electrons. The Morgan fingerprint density at radius 1 is 1.12 bits per heavy atom. The number of methoxy groups -OCH3 is 1. The average molecular weight is 385 g/mol. The largest absolute Gasteiger partial charge is 0.496 e. The number of aryl methyl sites for hydroxylation is 1. The first-order valence-corrected chi connectivity index (χ1v) is 9.27. The molecule has 0 aromatic heterocycles. The summed E-state index contributed by atoms with van der Waals surface area (Å²) in [5.74, 6) is -3.26. The van der Waals surface area contributed by atoms with Crippen molar-refractivity contribution in [2.45, 2.75) is 13.5 Å². The molecule has 0 aliphatic carbocycles. The van der Waals surface area contributed by atoms with E-state index in [1.807, 2.05) is 13.0 Å². The third kappa shape index (κ3) is 4.92. The molecule has 2 rings (SSSR count). The molecule has 2 aromatic carbocycles. The van der Waals surface area contributed by atoms with E-state index in [1.165, 1.54) is 7.11 Å². The van der Waals surface area contributed by atoms with Gasteiger partial charge >= 0.3 is 0 Å². The second kappa shape index (κ2) is 7.69. The van der Waals surface area contributed by atoms with E-state index >= 15 is 0 Å². The molecule has 0 aliphatic heterocycles. The average Bonchev–Trinajstić information content (AvgIpc) is 2.54. The molecule has 0 saturated heterocycles. The molecule has 1 amide bonds. The summed E-state index contributed by atoms with van der Waals surface area (Å²) in [6.45, 7) is 1.79. The van der Waals surface area contributed by atoms with Crippen LogP contribution in [0, 0.1) is 18.6 Å². The number of halogens is 2. The summed E-state index contributed by atoms with van der Waals surface area (Å²) in [7, 11) is -2.42. The van der Waals surface area contributed by atoms with E-state index in [0.29, 0.717) is 23.4 Å². The van der Waals surface area contributed by atoms with Crippen LogP contribution in [0.2, 0.25) is 0 Å². The number of hydrogen-bond acceptors (Lipinski definition) is 5. The molecule has 140 valence electrons. The predicted molar refractivity (Wildman–Crippen MR) is 90.7 cm³/mol. The zero-order valence-corrected chi connectivity index (χ0v) is 15.1. The number of ether oxygens (including phenoxy) is 2. The molecule has 0 saturated carbocycles. The Morgan fingerprint density at radius 2 is 1.81 bits per heavy atom. The smallest absolute Gasteiger partial charge is 0.267 e. The Morgan fingerprint density at radius 3 is 2.42 bits per heavy atom. The van der Waals surface area contributed by atoms with E-state index < -0.39 is 38.9 Å². The van der Waals surface area contributed by atoms with Crippen LogP contribution in [-0.2, 0) is 16.6 Å². The van der Waals surface area contributed by atoms with Gasteiger partial charge < -0.3 is 9.47 Å². The number of nitrogens with one attached hydrogen (secondary N) is 1. The van der Waals surface area contributed by atoms with Crippen molar-refractivity contribution in [3.05, 3.63) is 58.7 Å². The lowest BCUT2D eigenvalue weighted by Crippen LogP contribution is -2.30. The number of carbonyl (C=O) groups excluding carboxylic acids is 1. The van der Waals surface area contributed by atoms with Crippen LogP contribution in [0.5, 0.6) is 11.5 Å². The van der Waals surface area contributed by atoms with Gasteiger partial charge in [-0.2, -0.15) is 0 Å². The van der Waals surface area contributed by atoms with Gasteiger partial charge in [0.2, 0.25) is 10.0 Å². The van der Waals surface area contributed by atoms with Gasteiger partial charge in [0.25, 0.3) is 5.91 Å². The van der Waals surface area contributed by atoms with Crippen molar-refractivity contribution in [2.75, 3.05) is 13.4 Å². The van der Waals surface area contributed by atoms with Gasteiger partial charge in [-0.05, 0) is 24.6 Å². The Labute approximate surface area is 149 Å². The second-order valence-corrected chi connectivity index (χ2v) is 7.32. The Hall–Kier alpha value is -2.68. The van der Waals surface area contributed by atoms with Crippen molar-refractivity contribution in [1.82, 2.24) is 4.72 Å². The highest BCUT2D eigenvalue weighted by molar-refractivity contribution is 7.89. The van der Waals surface area contributed by atoms with E-state index in [0.717, 1.165) is 11.8 Å². The van der Waals surface area contributed by atoms with Crippen LogP contribution in [0.4, 0.5) is 8.78 Å². The minimum atomic E-state index is -3.90. The van der Waals surface area contributed by atoms with Crippen molar-refractivity contribution in [1.29, 1.82) is 0 Å². The molecule has 0 spiro atoms. The summed E-state index contributed by atoms with van der Waals surface area (Å²) in [6, 6.07) is 6.59. The summed E-state index contributed by atoms with van der Waals surface area (Å²) < 4.78 is 62.3. The summed E-state index contributed by atoms with van der Waals surface area (Å²) in [5.41, 5.74) is 0.842. The molecule has 0 heterocycles. The number of benzene rings is 2. The normalized spacial score (nSPS) is 11.1. The van der Waals surface area contributed by atoms with Gasteiger partial charge in [-0.3, -0.25) is 4.79 Å². The lowest BCUT2D eigenvalue weighted by Gasteiger charge is -2.12. The van der Waals surface area contributed by atoms with Crippen LogP contribution in [-0.4, -0.2) is 27.7 Å². The van der Waals surface area contributed by atoms with Gasteiger partial charge in [0.15, 0.2) is 11.6 Å². The zero-order valence-electron chi connectivity index (χ0n) is 14.3. The number of hydrogen-bond donors (Lipinski definition) is 1. The molecule has 6 nitrogen and oxygen atoms in total. The molecule has 2 aromatic rings. The summed E-state index contributed by atoms with van der Waals surface area (Å²) in [6.07, 6.45) is 0.728. The summed E-state index contributed by atoms with van der Waals surface area (Å²) in [4.78, 5) is 11.7. The van der Waals surface area contributed by atoms with Crippen LogP contribution in [0.1, 0.15) is 21.5 Å². The predicted octanol–water partition coefficient (Wildman–Crippen LogP) is 2.55. The third-order valence-electron chi connectivity index (χ3n) is 3.37. The number of rotatable bonds is 6. The van der Waals surface area contributed by atoms with E-state index in [9.17, 15) is 22.0 Å². The lowest BCUT2D eigenvalue weighted by molar-refractivity contribution is 0.0977. The molecule has 0 atom stereocenters. The van der Waals surface area contributed by atoms with Crippen molar-refractivity contribution >= 4 is 15.9 Å². The lowest BCUT2D eigenvalue weighted by atomic mass is 10.1. The van der Waals surface area contributed by atoms with Crippen LogP contribution < -0.4 is 14.2 Å². The first-order chi connectivity index (χ1) is 12.1. The first kappa shape index (κ1) is 19.6. The molecule has 1 N–H and O–H groups in total. The fourth-order valence-corrected chi connectivity index (χ4v) is 2.61. The third-order valence-corrected chi connectivity index (χ3v) is 3.93. The monoisotopic (exact) mass is 385 g/mol. The SMILES string of the molecule is COc1cc(C)ccc1COc1cc(F)c(C(=O)NS(C)(=O)=O)cc1F. The van der Waals surface area contributed by atoms with E-state index in [1.54, 1.807) is 16.9 Å². The van der Waals surface area contributed by atoms with Gasteiger partial charge in [0, 0.05) is 11.6 Å². The maximum absolute atomic E-state index is 14.1. The molecule has 0 fully saturated rings. The highest BCUT2D eigenvalue weighted by Gasteiger charge is 2.19. The zero-order chi connectivity index (χ0) is 19.5. The molecule has 26 heavy (non-hydrogen) atoms. The highest BCUT2D eigenvalue weighted by atomic mass is 32.2. The van der Waals surface area contributed by atoms with Crippen LogP contribution >= 0.6 is 0 Å². The minimum absolute atomic E-state index is 0.0886. The van der Waals surface area contributed by atoms with Crippen LogP contribution in [0.15, 0.2) is 30.3 Å². The summed E-state index contributed by atoms with van der Waals surface area (Å²) >= 11 is 0. The van der Waals surface area contributed by atoms with Crippen molar-refractivity contribution < 1.29 is 31.5 Å². The molecule has 0 bridgehead atoms. The fraction of sp³-hybridized carbons (Fsp3) is 0.235. The van der Waals surface area contributed by atoms with E-state index in [2.05, 4.69) is 0 Å². The van der Waals surface area contributed by atoms with Crippen molar-refractivity contribution in [2.24, 2.45) is 0 Å². The maximum Gasteiger partial charge on any atom is 0.267 e. The minimum Gasteiger partial charge on any atom is -0.496 e. The molecular weight excluding hydrogens is 368 g/mol. The maximum atomic E-state index is 14.1. The molecule has 9 heteroatoms. The highest BCUT2D eigenvalue weighted by Crippen LogP contribution is 2.25. The van der Waals surface area contributed by atoms with Crippen molar-refractivity contribution in [3.63, 3.8) is 0 Å². The molecule has 0 aliphatic rings. The quantitative estimate of drug-likeness (QED) is 0.827. The van der Waals surface area contributed by atoms with E-state index in [-0.39, 0.29) is 6.61 Å². The number of carbonyl (C=O) groups is 1. The van der Waals surface area contributed by atoms with Gasteiger partial charge in [0.05, 0.1) is 18.9 Å². The Kier molecular flexibility index (Phi) is 5.81. The second-order valence-electron chi connectivity index (χ2n) is 5.57. The van der Waals surface area contributed by atoms with Gasteiger partial charge in [0.1, 0.15) is 18.2 Å². The van der Waals surface area contributed by atoms with Gasteiger partial charge in [-0.25, -0.2) is 21.9 Å². The standard InChI is InChI=1S/C17H17F2NO5S/c1-10-4-5-11(15(6-10)24-2)9-25-16-8-13(18)12(7-14(16)19)17(21)20-26(3,22)23/h4-8H,9H2,1-3H3,(H,20,21). The summed E-state index contributed by atoms with van der Waals surface area (Å²) in [5, 5.41) is 0. The van der Waals surface area contributed by atoms with Crippen LogP contribution in [0.3, 0.4) is 0 Å². The van der Waals surface area contributed by atoms with Gasteiger partial charge in [-0.15, -0.1) is 0 Å². The number of amides is 1. The van der Waals surface area contributed by atoms with E-state index in [4.69, 9.17) is 9.47 Å². The first-order valence-electron chi connectivity index (χ1n) is 7.38. The molecular formula is C17H17F2NO5S. The fourth-order valence-electron chi connectivity index (χ4n) is 2.16. The molecule has 0 unspecified atom stereocenters. The number of sulfonamides is 1. The topological polar surface area (TPSA) is 81.7 Å². The Balaban J connectivity index is 2.22. The van der Waals surface area contributed by atoms with Crippen LogP contribution in [0.25, 0.3) is 0 Å². The Bertz CT molecular complexity index is 944. The van der Waals surface area contributed by atoms with Gasteiger partial charge in [-0.1, -0.05) is 12.1 Å². The van der Waals surface area contributed by atoms with Crippen molar-refractivity contribution in [3.8, 4) is 11.5 Å².